The zero-order valence-corrected chi connectivity index (χ0v) is 14.7. The smallest absolute Gasteiger partial charge is 0.347 e. The third-order valence-electron chi connectivity index (χ3n) is 4.81. The van der Waals surface area contributed by atoms with E-state index in [1.54, 1.807) is 21.6 Å². The molecule has 0 aliphatic carbocycles. The number of nitrogen functional groups attached to an aromatic ring is 1. The monoisotopic (exact) mass is 364 g/mol. The van der Waals surface area contributed by atoms with Gasteiger partial charge in [0.05, 0.1) is 5.69 Å². The molecular formula is C19H20N6O2. The number of carbonyl (C=O) groups excluding carboxylic acids is 1. The molecule has 1 amide bonds. The molecule has 0 bridgehead atoms. The van der Waals surface area contributed by atoms with Crippen molar-refractivity contribution < 1.29 is 4.79 Å². The lowest BCUT2D eigenvalue weighted by Crippen LogP contribution is -2.40. The summed E-state index contributed by atoms with van der Waals surface area (Å²) in [6.45, 7) is 1.16. The van der Waals surface area contributed by atoms with Crippen molar-refractivity contribution in [3.8, 4) is 5.69 Å². The summed E-state index contributed by atoms with van der Waals surface area (Å²) in [7, 11) is 0. The number of hydrogen-bond acceptors (Lipinski definition) is 5. The SMILES string of the molecule is Nc1cc(C(=O)N2CCC[C@H](c3n[nH]c(=O)n3-c3ccccc3)C2)ccn1. The van der Waals surface area contributed by atoms with E-state index in [-0.39, 0.29) is 17.5 Å². The lowest BCUT2D eigenvalue weighted by molar-refractivity contribution is 0.0704. The van der Waals surface area contributed by atoms with Crippen LogP contribution in [0.15, 0.2) is 53.5 Å². The van der Waals surface area contributed by atoms with Crippen LogP contribution in [0.2, 0.25) is 0 Å². The quantitative estimate of drug-likeness (QED) is 0.733. The highest BCUT2D eigenvalue weighted by Crippen LogP contribution is 2.27. The molecule has 4 rings (SSSR count). The van der Waals surface area contributed by atoms with Gasteiger partial charge in [0, 0.05) is 30.8 Å². The van der Waals surface area contributed by atoms with Gasteiger partial charge in [0.2, 0.25) is 0 Å². The Morgan fingerprint density at radius 3 is 2.81 bits per heavy atom. The van der Waals surface area contributed by atoms with E-state index in [1.165, 1.54) is 6.20 Å². The molecule has 0 radical (unpaired) electrons. The van der Waals surface area contributed by atoms with Crippen molar-refractivity contribution in [2.24, 2.45) is 0 Å². The maximum atomic E-state index is 12.8. The number of aromatic amines is 1. The van der Waals surface area contributed by atoms with Gasteiger partial charge in [-0.15, -0.1) is 0 Å². The van der Waals surface area contributed by atoms with Crippen molar-refractivity contribution >= 4 is 11.7 Å². The van der Waals surface area contributed by atoms with Gasteiger partial charge in [0.1, 0.15) is 11.6 Å². The zero-order chi connectivity index (χ0) is 18.8. The van der Waals surface area contributed by atoms with Crippen molar-refractivity contribution in [2.75, 3.05) is 18.8 Å². The number of hydrogen-bond donors (Lipinski definition) is 2. The molecule has 1 aromatic carbocycles. The van der Waals surface area contributed by atoms with E-state index in [0.29, 0.717) is 30.3 Å². The highest BCUT2D eigenvalue weighted by molar-refractivity contribution is 5.94. The highest BCUT2D eigenvalue weighted by atomic mass is 16.2. The zero-order valence-electron chi connectivity index (χ0n) is 14.7. The Bertz CT molecular complexity index is 1010. The van der Waals surface area contributed by atoms with E-state index in [4.69, 9.17) is 5.73 Å². The fraction of sp³-hybridized carbons (Fsp3) is 0.263. The van der Waals surface area contributed by atoms with Crippen LogP contribution in [-0.4, -0.2) is 43.6 Å². The number of anilines is 1. The summed E-state index contributed by atoms with van der Waals surface area (Å²) >= 11 is 0. The number of nitrogens with two attached hydrogens (primary N) is 1. The topological polar surface area (TPSA) is 110 Å². The lowest BCUT2D eigenvalue weighted by Gasteiger charge is -2.32. The number of aromatic nitrogens is 4. The summed E-state index contributed by atoms with van der Waals surface area (Å²) in [4.78, 5) is 30.9. The number of nitrogens with one attached hydrogen (secondary N) is 1. The van der Waals surface area contributed by atoms with E-state index in [2.05, 4.69) is 15.2 Å². The second-order valence-corrected chi connectivity index (χ2v) is 6.62. The van der Waals surface area contributed by atoms with Gasteiger partial charge in [-0.2, -0.15) is 5.10 Å². The molecule has 1 aliphatic heterocycles. The normalized spacial score (nSPS) is 17.0. The standard InChI is InChI=1S/C19H20N6O2/c20-16-11-13(8-9-21-16)18(26)24-10-4-5-14(12-24)17-22-23-19(27)25(17)15-6-2-1-3-7-15/h1-3,6-9,11,14H,4-5,10,12H2,(H2,20,21)(H,23,27)/t14-/m0/s1. The first-order valence-corrected chi connectivity index (χ1v) is 8.87. The summed E-state index contributed by atoms with van der Waals surface area (Å²) in [6.07, 6.45) is 3.23. The number of pyridine rings is 1. The molecular weight excluding hydrogens is 344 g/mol. The number of benzene rings is 1. The number of likely N-dealkylation sites (tertiary alicyclic amines) is 1. The van der Waals surface area contributed by atoms with Crippen LogP contribution in [0.5, 0.6) is 0 Å². The Labute approximate surface area is 155 Å². The largest absolute Gasteiger partial charge is 0.384 e. The van der Waals surface area contributed by atoms with Crippen LogP contribution in [0.3, 0.4) is 0 Å². The Hall–Kier alpha value is -3.42. The van der Waals surface area contributed by atoms with Gasteiger partial charge in [-0.05, 0) is 37.1 Å². The van der Waals surface area contributed by atoms with E-state index < -0.39 is 0 Å². The third-order valence-corrected chi connectivity index (χ3v) is 4.81. The van der Waals surface area contributed by atoms with Gasteiger partial charge in [-0.25, -0.2) is 19.4 Å². The molecule has 27 heavy (non-hydrogen) atoms. The van der Waals surface area contributed by atoms with Gasteiger partial charge < -0.3 is 10.6 Å². The molecule has 1 atom stereocenters. The molecule has 1 fully saturated rings. The second-order valence-electron chi connectivity index (χ2n) is 6.62. The van der Waals surface area contributed by atoms with Crippen LogP contribution >= 0.6 is 0 Å². The summed E-state index contributed by atoms with van der Waals surface area (Å²) in [5.74, 6) is 0.858. The molecule has 1 aliphatic rings. The average Bonchev–Trinajstić information content (AvgIpc) is 3.09. The van der Waals surface area contributed by atoms with Gasteiger partial charge in [0.15, 0.2) is 0 Å². The third kappa shape index (κ3) is 3.33. The van der Waals surface area contributed by atoms with Crippen LogP contribution in [0.1, 0.15) is 34.9 Å². The first kappa shape index (κ1) is 17.0. The molecule has 8 nitrogen and oxygen atoms in total. The highest BCUT2D eigenvalue weighted by Gasteiger charge is 2.29. The minimum absolute atomic E-state index is 0.0268. The van der Waals surface area contributed by atoms with Crippen LogP contribution in [0, 0.1) is 0 Å². The fourth-order valence-electron chi connectivity index (χ4n) is 3.55. The van der Waals surface area contributed by atoms with Crippen molar-refractivity contribution in [1.82, 2.24) is 24.6 Å². The van der Waals surface area contributed by atoms with E-state index in [1.807, 2.05) is 30.3 Å². The predicted molar refractivity (Wildman–Crippen MR) is 101 cm³/mol. The molecule has 138 valence electrons. The number of H-pyrrole nitrogens is 1. The van der Waals surface area contributed by atoms with Gasteiger partial charge in [-0.3, -0.25) is 4.79 Å². The van der Waals surface area contributed by atoms with Gasteiger partial charge in [0.25, 0.3) is 5.91 Å². The summed E-state index contributed by atoms with van der Waals surface area (Å²) in [6, 6.07) is 12.6. The van der Waals surface area contributed by atoms with E-state index in [9.17, 15) is 9.59 Å². The van der Waals surface area contributed by atoms with Crippen LogP contribution in [0.4, 0.5) is 5.82 Å². The average molecular weight is 364 g/mol. The van der Waals surface area contributed by atoms with E-state index >= 15 is 0 Å². The summed E-state index contributed by atoms with van der Waals surface area (Å²) in [5.41, 5.74) is 6.70. The minimum atomic E-state index is -0.276. The Morgan fingerprint density at radius 2 is 2.04 bits per heavy atom. The second kappa shape index (κ2) is 7.06. The van der Waals surface area contributed by atoms with Crippen LogP contribution in [-0.2, 0) is 0 Å². The lowest BCUT2D eigenvalue weighted by atomic mass is 9.96. The number of nitrogens with zero attached hydrogens (tertiary/aromatic N) is 4. The first-order valence-electron chi connectivity index (χ1n) is 8.87. The Kier molecular flexibility index (Phi) is 4.45. The molecule has 3 aromatic rings. The maximum absolute atomic E-state index is 12.8. The minimum Gasteiger partial charge on any atom is -0.384 e. The summed E-state index contributed by atoms with van der Waals surface area (Å²) in [5, 5.41) is 6.80. The van der Waals surface area contributed by atoms with Gasteiger partial charge in [-0.1, -0.05) is 18.2 Å². The van der Waals surface area contributed by atoms with Crippen molar-refractivity contribution in [1.29, 1.82) is 0 Å². The van der Waals surface area contributed by atoms with Crippen molar-refractivity contribution in [3.05, 3.63) is 70.5 Å². The number of piperidine rings is 1. The van der Waals surface area contributed by atoms with E-state index in [0.717, 1.165) is 18.5 Å². The molecule has 3 heterocycles. The van der Waals surface area contributed by atoms with Crippen LogP contribution in [0.25, 0.3) is 5.69 Å². The number of para-hydroxylation sites is 1. The number of rotatable bonds is 3. The molecule has 0 saturated carbocycles. The molecule has 3 N–H and O–H groups in total. The Balaban J connectivity index is 1.61. The Morgan fingerprint density at radius 1 is 1.22 bits per heavy atom. The summed E-state index contributed by atoms with van der Waals surface area (Å²) < 4.78 is 1.59. The number of carbonyl (C=O) groups is 1. The number of amides is 1. The fourth-order valence-corrected chi connectivity index (χ4v) is 3.55. The first-order chi connectivity index (χ1) is 13.1. The molecule has 1 saturated heterocycles. The van der Waals surface area contributed by atoms with Crippen LogP contribution < -0.4 is 11.4 Å². The molecule has 8 heteroatoms. The molecule has 0 unspecified atom stereocenters. The maximum Gasteiger partial charge on any atom is 0.347 e. The van der Waals surface area contributed by atoms with Crippen molar-refractivity contribution in [2.45, 2.75) is 18.8 Å². The predicted octanol–water partition coefficient (Wildman–Crippen LogP) is 1.56. The molecule has 0 spiro atoms. The van der Waals surface area contributed by atoms with Gasteiger partial charge >= 0.3 is 5.69 Å². The van der Waals surface area contributed by atoms with Crippen molar-refractivity contribution in [3.63, 3.8) is 0 Å². The molecule has 2 aromatic heterocycles.